The molecule has 2 aromatic rings. The maximum Gasteiger partial charge on any atom is 0.416 e. The average Bonchev–Trinajstić information content (AvgIpc) is 2.63. The van der Waals surface area contributed by atoms with Gasteiger partial charge in [-0.25, -0.2) is 4.79 Å². The average molecular weight is 244 g/mol. The quantitative estimate of drug-likeness (QED) is 0.878. The molecule has 0 atom stereocenters. The number of nitrogens with zero attached hydrogens (tertiary/aromatic N) is 1. The normalized spacial score (nSPS) is 11.7. The van der Waals surface area contributed by atoms with Crippen molar-refractivity contribution in [1.82, 2.24) is 10.1 Å². The Balaban J connectivity index is 2.36. The van der Waals surface area contributed by atoms with Crippen LogP contribution in [0.3, 0.4) is 0 Å². The number of aromatic amines is 1. The second-order valence-electron chi connectivity index (χ2n) is 3.35. The molecule has 4 nitrogen and oxygen atoms in total. The molecule has 1 aromatic heterocycles. The zero-order chi connectivity index (χ0) is 12.5. The Hall–Kier alpha value is -2.05. The summed E-state index contributed by atoms with van der Waals surface area (Å²) in [5, 5.41) is 1.92. The molecular weight excluding hydrogens is 237 g/mol. The van der Waals surface area contributed by atoms with Gasteiger partial charge in [-0.3, -0.25) is 0 Å². The maximum atomic E-state index is 12.6. The Labute approximate surface area is 93.1 Å². The van der Waals surface area contributed by atoms with Crippen molar-refractivity contribution < 1.29 is 17.7 Å². The van der Waals surface area contributed by atoms with Gasteiger partial charge in [0.1, 0.15) is 0 Å². The number of H-pyrrole nitrogens is 1. The summed E-state index contributed by atoms with van der Waals surface area (Å²) < 4.78 is 42.5. The summed E-state index contributed by atoms with van der Waals surface area (Å²) >= 11 is 0. The lowest BCUT2D eigenvalue weighted by molar-refractivity contribution is -0.138. The Morgan fingerprint density at radius 1 is 1.29 bits per heavy atom. The van der Waals surface area contributed by atoms with E-state index in [-0.39, 0.29) is 17.9 Å². The number of hydrogen-bond donors (Lipinski definition) is 1. The van der Waals surface area contributed by atoms with Crippen LogP contribution in [-0.4, -0.2) is 10.1 Å². The van der Waals surface area contributed by atoms with Gasteiger partial charge in [-0.1, -0.05) is 18.2 Å². The number of rotatable bonds is 2. The van der Waals surface area contributed by atoms with Crippen molar-refractivity contribution in [3.63, 3.8) is 0 Å². The lowest BCUT2D eigenvalue weighted by Gasteiger charge is -2.10. The summed E-state index contributed by atoms with van der Waals surface area (Å²) in [5.74, 6) is -0.0771. The number of nitrogens with one attached hydrogen (secondary N) is 1. The fourth-order valence-corrected chi connectivity index (χ4v) is 1.45. The molecule has 90 valence electrons. The monoisotopic (exact) mass is 244 g/mol. The lowest BCUT2D eigenvalue weighted by atomic mass is 10.0. The molecule has 1 aromatic carbocycles. The van der Waals surface area contributed by atoms with E-state index >= 15 is 0 Å². The molecule has 7 heteroatoms. The minimum absolute atomic E-state index is 0.00949. The highest BCUT2D eigenvalue weighted by atomic mass is 19.4. The minimum Gasteiger partial charge on any atom is -0.362 e. The van der Waals surface area contributed by atoms with Crippen LogP contribution in [-0.2, 0) is 12.6 Å². The van der Waals surface area contributed by atoms with Crippen molar-refractivity contribution in [1.29, 1.82) is 0 Å². The Kier molecular flexibility index (Phi) is 2.74. The molecule has 2 rings (SSSR count). The van der Waals surface area contributed by atoms with E-state index in [2.05, 4.69) is 9.51 Å². The van der Waals surface area contributed by atoms with Crippen LogP contribution in [0.2, 0.25) is 0 Å². The molecule has 0 bridgehead atoms. The first-order valence-electron chi connectivity index (χ1n) is 4.66. The predicted octanol–water partition coefficient (Wildman–Crippen LogP) is 1.97. The van der Waals surface area contributed by atoms with Gasteiger partial charge < -0.3 is 4.52 Å². The summed E-state index contributed by atoms with van der Waals surface area (Å²) in [6.45, 7) is 0. The van der Waals surface area contributed by atoms with E-state index in [0.717, 1.165) is 6.07 Å². The van der Waals surface area contributed by atoms with Crippen LogP contribution >= 0.6 is 0 Å². The third-order valence-electron chi connectivity index (χ3n) is 2.15. The Bertz CT molecular complexity index is 571. The molecular formula is C10H7F3N2O2. The van der Waals surface area contributed by atoms with Gasteiger partial charge in [-0.2, -0.15) is 23.3 Å². The standard InChI is InChI=1S/C10H7F3N2O2/c11-10(12,13)7-4-2-1-3-6(7)5-8-14-9(16)15-17-8/h1-4H,5H2,(H,15,16). The molecule has 0 aliphatic carbocycles. The molecule has 1 heterocycles. The number of alkyl halides is 3. The number of halogens is 3. The number of benzene rings is 1. The van der Waals surface area contributed by atoms with E-state index in [1.54, 1.807) is 0 Å². The fraction of sp³-hybridized carbons (Fsp3) is 0.200. The van der Waals surface area contributed by atoms with E-state index in [1.165, 1.54) is 18.2 Å². The SMILES string of the molecule is O=c1nc(Cc2ccccc2C(F)(F)F)o[nH]1. The van der Waals surface area contributed by atoms with Crippen LogP contribution in [0.25, 0.3) is 0 Å². The first kappa shape index (κ1) is 11.4. The van der Waals surface area contributed by atoms with Crippen LogP contribution < -0.4 is 5.69 Å². The molecule has 0 radical (unpaired) electrons. The molecule has 0 aliphatic rings. The highest BCUT2D eigenvalue weighted by molar-refractivity contribution is 5.31. The lowest BCUT2D eigenvalue weighted by Crippen LogP contribution is -2.09. The Morgan fingerprint density at radius 3 is 2.59 bits per heavy atom. The van der Waals surface area contributed by atoms with E-state index in [0.29, 0.717) is 0 Å². The summed E-state index contributed by atoms with van der Waals surface area (Å²) in [5.41, 5.74) is -1.47. The van der Waals surface area contributed by atoms with Crippen LogP contribution in [0, 0.1) is 0 Å². The molecule has 0 saturated heterocycles. The van der Waals surface area contributed by atoms with Gasteiger partial charge in [-0.15, -0.1) is 0 Å². The van der Waals surface area contributed by atoms with Crippen LogP contribution in [0.5, 0.6) is 0 Å². The highest BCUT2D eigenvalue weighted by Crippen LogP contribution is 2.32. The van der Waals surface area contributed by atoms with Crippen molar-refractivity contribution in [3.8, 4) is 0 Å². The van der Waals surface area contributed by atoms with Crippen molar-refractivity contribution in [2.75, 3.05) is 0 Å². The van der Waals surface area contributed by atoms with E-state index in [1.807, 2.05) is 5.16 Å². The summed E-state index contributed by atoms with van der Waals surface area (Å²) in [6, 6.07) is 5.07. The smallest absolute Gasteiger partial charge is 0.362 e. The summed E-state index contributed by atoms with van der Waals surface area (Å²) in [6.07, 6.45) is -4.62. The molecule has 17 heavy (non-hydrogen) atoms. The molecule has 0 unspecified atom stereocenters. The van der Waals surface area contributed by atoms with Gasteiger partial charge in [0.05, 0.1) is 12.0 Å². The number of aromatic nitrogens is 2. The number of hydrogen-bond acceptors (Lipinski definition) is 3. The fourth-order valence-electron chi connectivity index (χ4n) is 1.45. The van der Waals surface area contributed by atoms with Gasteiger partial charge in [0.25, 0.3) is 0 Å². The minimum atomic E-state index is -4.44. The zero-order valence-electron chi connectivity index (χ0n) is 8.41. The third kappa shape index (κ3) is 2.55. The van der Waals surface area contributed by atoms with Crippen molar-refractivity contribution in [2.45, 2.75) is 12.6 Å². The zero-order valence-corrected chi connectivity index (χ0v) is 8.41. The maximum absolute atomic E-state index is 12.6. The van der Waals surface area contributed by atoms with Crippen molar-refractivity contribution in [2.24, 2.45) is 0 Å². The van der Waals surface area contributed by atoms with Crippen molar-refractivity contribution in [3.05, 3.63) is 51.8 Å². The van der Waals surface area contributed by atoms with Gasteiger partial charge >= 0.3 is 11.9 Å². The molecule has 0 amide bonds. The first-order valence-corrected chi connectivity index (χ1v) is 4.66. The summed E-state index contributed by atoms with van der Waals surface area (Å²) in [4.78, 5) is 14.1. The predicted molar refractivity (Wildman–Crippen MR) is 51.4 cm³/mol. The molecule has 0 fully saturated rings. The van der Waals surface area contributed by atoms with Crippen molar-refractivity contribution >= 4 is 0 Å². The van der Waals surface area contributed by atoms with E-state index in [4.69, 9.17) is 0 Å². The van der Waals surface area contributed by atoms with Gasteiger partial charge in [0.2, 0.25) is 5.89 Å². The first-order chi connectivity index (χ1) is 7.97. The summed E-state index contributed by atoms with van der Waals surface area (Å²) in [7, 11) is 0. The largest absolute Gasteiger partial charge is 0.416 e. The molecule has 1 N–H and O–H groups in total. The topological polar surface area (TPSA) is 58.9 Å². The third-order valence-corrected chi connectivity index (χ3v) is 2.15. The second kappa shape index (κ2) is 4.08. The van der Waals surface area contributed by atoms with E-state index < -0.39 is 17.4 Å². The second-order valence-corrected chi connectivity index (χ2v) is 3.35. The van der Waals surface area contributed by atoms with Crippen LogP contribution in [0.1, 0.15) is 17.0 Å². The van der Waals surface area contributed by atoms with Gasteiger partial charge in [0.15, 0.2) is 0 Å². The van der Waals surface area contributed by atoms with Crippen LogP contribution in [0.4, 0.5) is 13.2 Å². The molecule has 0 saturated carbocycles. The molecule has 0 spiro atoms. The van der Waals surface area contributed by atoms with E-state index in [9.17, 15) is 18.0 Å². The Morgan fingerprint density at radius 2 is 2.00 bits per heavy atom. The van der Waals surface area contributed by atoms with Gasteiger partial charge in [0, 0.05) is 0 Å². The van der Waals surface area contributed by atoms with Crippen LogP contribution in [0.15, 0.2) is 33.6 Å². The van der Waals surface area contributed by atoms with Gasteiger partial charge in [-0.05, 0) is 11.6 Å². The highest BCUT2D eigenvalue weighted by Gasteiger charge is 2.33. The molecule has 0 aliphatic heterocycles.